The van der Waals surface area contributed by atoms with Gasteiger partial charge in [-0.25, -0.2) is 9.97 Å². The van der Waals surface area contributed by atoms with Crippen molar-refractivity contribution in [3.63, 3.8) is 0 Å². The number of hydrogen-bond acceptors (Lipinski definition) is 5. The third-order valence-corrected chi connectivity index (χ3v) is 3.32. The molecule has 3 heterocycles. The Hall–Kier alpha value is -2.08. The van der Waals surface area contributed by atoms with Crippen LogP contribution in [0.5, 0.6) is 0 Å². The first-order valence-corrected chi connectivity index (χ1v) is 6.99. The van der Waals surface area contributed by atoms with Gasteiger partial charge < -0.3 is 0 Å². The number of pyridine rings is 1. The predicted molar refractivity (Wildman–Crippen MR) is 80.2 cm³/mol. The minimum Gasteiger partial charge on any atom is -0.258 e. The second kappa shape index (κ2) is 5.04. The van der Waals surface area contributed by atoms with E-state index in [4.69, 9.17) is 11.6 Å². The molecule has 0 saturated heterocycles. The summed E-state index contributed by atoms with van der Waals surface area (Å²) in [5, 5.41) is 9.33. The highest BCUT2D eigenvalue weighted by molar-refractivity contribution is 6.31. The quantitative estimate of drug-likeness (QED) is 0.728. The number of aromatic nitrogens is 6. The third kappa shape index (κ3) is 2.85. The van der Waals surface area contributed by atoms with E-state index in [2.05, 4.69) is 45.9 Å². The van der Waals surface area contributed by atoms with Crippen molar-refractivity contribution in [1.82, 2.24) is 29.9 Å². The van der Waals surface area contributed by atoms with E-state index in [0.29, 0.717) is 22.7 Å². The molecule has 0 saturated carbocycles. The van der Waals surface area contributed by atoms with Gasteiger partial charge >= 0.3 is 0 Å². The summed E-state index contributed by atoms with van der Waals surface area (Å²) in [5.74, 6) is 0.748. The minimum absolute atomic E-state index is 0.123. The van der Waals surface area contributed by atoms with Gasteiger partial charge in [-0.05, 0) is 12.1 Å². The second-order valence-electron chi connectivity index (χ2n) is 5.81. The van der Waals surface area contributed by atoms with Crippen molar-refractivity contribution in [3.05, 3.63) is 41.1 Å². The van der Waals surface area contributed by atoms with Gasteiger partial charge in [0.1, 0.15) is 12.4 Å². The molecule has 0 radical (unpaired) electrons. The van der Waals surface area contributed by atoms with Gasteiger partial charge in [-0.2, -0.15) is 4.80 Å². The first-order valence-electron chi connectivity index (χ1n) is 6.61. The van der Waals surface area contributed by atoms with E-state index in [-0.39, 0.29) is 5.41 Å². The Bertz CT molecular complexity index is 790. The largest absolute Gasteiger partial charge is 0.258 e. The zero-order valence-electron chi connectivity index (χ0n) is 12.1. The van der Waals surface area contributed by atoms with Crippen molar-refractivity contribution in [2.45, 2.75) is 32.7 Å². The fraction of sp³-hybridized carbons (Fsp3) is 0.357. The van der Waals surface area contributed by atoms with Crippen LogP contribution in [-0.4, -0.2) is 29.9 Å². The van der Waals surface area contributed by atoms with Gasteiger partial charge in [0, 0.05) is 11.6 Å². The number of hydrogen-bond donors (Lipinski definition) is 0. The van der Waals surface area contributed by atoms with Gasteiger partial charge in [-0.1, -0.05) is 32.4 Å². The summed E-state index contributed by atoms with van der Waals surface area (Å²) in [7, 11) is 0. The maximum absolute atomic E-state index is 6.10. The van der Waals surface area contributed by atoms with Crippen molar-refractivity contribution in [2.75, 3.05) is 0 Å². The molecule has 0 atom stereocenters. The van der Waals surface area contributed by atoms with Crippen molar-refractivity contribution >= 4 is 22.8 Å². The molecular weight excluding hydrogens is 288 g/mol. The summed E-state index contributed by atoms with van der Waals surface area (Å²) < 4.78 is 0. The Morgan fingerprint density at radius 1 is 1.19 bits per heavy atom. The van der Waals surface area contributed by atoms with E-state index >= 15 is 0 Å². The smallest absolute Gasteiger partial charge is 0.205 e. The lowest BCUT2D eigenvalue weighted by atomic mass is 9.96. The van der Waals surface area contributed by atoms with Crippen molar-refractivity contribution in [2.24, 2.45) is 0 Å². The van der Waals surface area contributed by atoms with Gasteiger partial charge in [0.15, 0.2) is 5.52 Å². The molecule has 0 aromatic carbocycles. The zero-order valence-corrected chi connectivity index (χ0v) is 12.8. The molecule has 108 valence electrons. The van der Waals surface area contributed by atoms with Crippen molar-refractivity contribution < 1.29 is 0 Å². The summed E-state index contributed by atoms with van der Waals surface area (Å²) >= 11 is 6.10. The first kappa shape index (κ1) is 13.9. The highest BCUT2D eigenvalue weighted by atomic mass is 35.5. The van der Waals surface area contributed by atoms with Crippen LogP contribution in [0.4, 0.5) is 0 Å². The molecule has 0 aliphatic carbocycles. The van der Waals surface area contributed by atoms with Crippen LogP contribution in [0.3, 0.4) is 0 Å². The van der Waals surface area contributed by atoms with Crippen LogP contribution in [0.25, 0.3) is 11.2 Å². The molecule has 7 heteroatoms. The summed E-state index contributed by atoms with van der Waals surface area (Å²) in [6.07, 6.45) is 3.40. The Morgan fingerprint density at radius 2 is 2.00 bits per heavy atom. The Morgan fingerprint density at radius 3 is 2.71 bits per heavy atom. The van der Waals surface area contributed by atoms with Crippen LogP contribution < -0.4 is 0 Å². The molecule has 0 fully saturated rings. The lowest BCUT2D eigenvalue weighted by molar-refractivity contribution is 0.547. The molecule has 0 bridgehead atoms. The molecule has 3 rings (SSSR count). The van der Waals surface area contributed by atoms with Crippen LogP contribution in [0.1, 0.15) is 32.3 Å². The Kier molecular flexibility index (Phi) is 3.33. The van der Waals surface area contributed by atoms with E-state index in [1.807, 2.05) is 0 Å². The molecule has 6 nitrogen and oxygen atoms in total. The lowest BCUT2D eigenvalue weighted by Crippen LogP contribution is -2.15. The second-order valence-corrected chi connectivity index (χ2v) is 6.22. The van der Waals surface area contributed by atoms with E-state index in [0.717, 1.165) is 11.5 Å². The summed E-state index contributed by atoms with van der Waals surface area (Å²) in [4.78, 5) is 14.6. The zero-order chi connectivity index (χ0) is 15.0. The molecule has 21 heavy (non-hydrogen) atoms. The summed E-state index contributed by atoms with van der Waals surface area (Å²) in [6, 6.07) is 3.59. The molecule has 0 aliphatic heterocycles. The van der Waals surface area contributed by atoms with Crippen LogP contribution in [0.2, 0.25) is 5.02 Å². The molecule has 3 aromatic rings. The van der Waals surface area contributed by atoms with E-state index in [1.54, 1.807) is 29.3 Å². The van der Waals surface area contributed by atoms with Gasteiger partial charge in [-0.3, -0.25) is 4.98 Å². The van der Waals surface area contributed by atoms with Gasteiger partial charge in [0.2, 0.25) is 5.65 Å². The predicted octanol–water partition coefficient (Wildman–Crippen LogP) is 2.62. The van der Waals surface area contributed by atoms with E-state index < -0.39 is 0 Å². The van der Waals surface area contributed by atoms with Crippen molar-refractivity contribution in [3.8, 4) is 0 Å². The third-order valence-electron chi connectivity index (χ3n) is 2.98. The lowest BCUT2D eigenvalue weighted by Gasteiger charge is -2.14. The molecule has 0 unspecified atom stereocenters. The first-order chi connectivity index (χ1) is 9.93. The fourth-order valence-corrected chi connectivity index (χ4v) is 2.05. The summed E-state index contributed by atoms with van der Waals surface area (Å²) in [6.45, 7) is 6.59. The van der Waals surface area contributed by atoms with Crippen LogP contribution >= 0.6 is 11.6 Å². The maximum Gasteiger partial charge on any atom is 0.205 e. The molecule has 0 aliphatic rings. The van der Waals surface area contributed by atoms with Crippen LogP contribution in [0.15, 0.2) is 24.5 Å². The maximum atomic E-state index is 6.10. The van der Waals surface area contributed by atoms with Crippen LogP contribution in [-0.2, 0) is 12.0 Å². The highest BCUT2D eigenvalue weighted by Gasteiger charge is 2.19. The monoisotopic (exact) mass is 302 g/mol. The molecule has 0 N–H and O–H groups in total. The van der Waals surface area contributed by atoms with Crippen LogP contribution in [0, 0.1) is 0 Å². The topological polar surface area (TPSA) is 69.4 Å². The molecule has 3 aromatic heterocycles. The average Bonchev–Trinajstić information content (AvgIpc) is 2.81. The SMILES string of the molecule is CC(C)(C)c1ncc2nn(Cc3ncccc3Cl)nc2n1. The molecule has 0 spiro atoms. The standard InChI is InChI=1S/C14H15ClN6/c1-14(2,3)13-17-7-10-12(18-13)20-21(19-10)8-11-9(15)5-4-6-16-11/h4-7H,8H2,1-3H3. The highest BCUT2D eigenvalue weighted by Crippen LogP contribution is 2.19. The number of halogens is 1. The fourth-order valence-electron chi connectivity index (χ4n) is 1.87. The van der Waals surface area contributed by atoms with E-state index in [1.165, 1.54) is 0 Å². The number of nitrogens with zero attached hydrogens (tertiary/aromatic N) is 6. The minimum atomic E-state index is -0.123. The van der Waals surface area contributed by atoms with E-state index in [9.17, 15) is 0 Å². The normalized spacial score (nSPS) is 12.0. The number of rotatable bonds is 2. The average molecular weight is 303 g/mol. The Labute approximate surface area is 127 Å². The molecular formula is C14H15ClN6. The summed E-state index contributed by atoms with van der Waals surface area (Å²) in [5.41, 5.74) is 1.85. The number of fused-ring (bicyclic) bond motifs is 1. The Balaban J connectivity index is 1.96. The van der Waals surface area contributed by atoms with Gasteiger partial charge in [0.25, 0.3) is 0 Å². The van der Waals surface area contributed by atoms with Gasteiger partial charge in [-0.15, -0.1) is 10.2 Å². The molecule has 0 amide bonds. The van der Waals surface area contributed by atoms with Gasteiger partial charge in [0.05, 0.1) is 16.9 Å². The van der Waals surface area contributed by atoms with Crippen molar-refractivity contribution in [1.29, 1.82) is 0 Å².